The first-order valence-electron chi connectivity index (χ1n) is 8.18. The Hall–Kier alpha value is -3.35. The van der Waals surface area contributed by atoms with Crippen molar-refractivity contribution in [3.63, 3.8) is 0 Å². The summed E-state index contributed by atoms with van der Waals surface area (Å²) >= 11 is 0. The second-order valence-corrected chi connectivity index (χ2v) is 6.02. The van der Waals surface area contributed by atoms with Crippen LogP contribution >= 0.6 is 0 Å². The number of aromatic hydroxyl groups is 1. The zero-order valence-electron chi connectivity index (χ0n) is 14.5. The molecule has 0 aliphatic carbocycles. The van der Waals surface area contributed by atoms with Gasteiger partial charge in [0.1, 0.15) is 11.5 Å². The molecule has 0 fully saturated rings. The van der Waals surface area contributed by atoms with E-state index >= 15 is 0 Å². The molecule has 0 aliphatic rings. The molecule has 0 unspecified atom stereocenters. The van der Waals surface area contributed by atoms with Crippen molar-refractivity contribution in [2.24, 2.45) is 0 Å². The lowest BCUT2D eigenvalue weighted by molar-refractivity contribution is -0.121. The Bertz CT molecular complexity index is 959. The normalized spacial score (nSPS) is 10.7. The van der Waals surface area contributed by atoms with Crippen LogP contribution in [0, 0.1) is 13.8 Å². The summed E-state index contributed by atoms with van der Waals surface area (Å²) in [7, 11) is 0. The zero-order valence-corrected chi connectivity index (χ0v) is 14.5. The van der Waals surface area contributed by atoms with Crippen LogP contribution in [0.4, 0.5) is 0 Å². The number of fused-ring (bicyclic) bond motifs is 1. The van der Waals surface area contributed by atoms with Gasteiger partial charge in [-0.15, -0.1) is 0 Å². The third kappa shape index (κ3) is 3.66. The summed E-state index contributed by atoms with van der Waals surface area (Å²) in [5.41, 5.74) is 6.41. The zero-order chi connectivity index (χ0) is 18.7. The summed E-state index contributed by atoms with van der Waals surface area (Å²) in [6, 6.07) is 10.5. The molecule has 0 bridgehead atoms. The average Bonchev–Trinajstić information content (AvgIpc) is 2.95. The largest absolute Gasteiger partial charge is 0.507 e. The van der Waals surface area contributed by atoms with Crippen LogP contribution in [0.1, 0.15) is 33.8 Å². The number of aromatic nitrogens is 1. The van der Waals surface area contributed by atoms with Gasteiger partial charge in [-0.25, -0.2) is 0 Å². The van der Waals surface area contributed by atoms with Gasteiger partial charge in [0.25, 0.3) is 5.91 Å². The molecule has 0 atom stereocenters. The van der Waals surface area contributed by atoms with Gasteiger partial charge in [-0.2, -0.15) is 0 Å². The van der Waals surface area contributed by atoms with Crippen LogP contribution in [0.15, 0.2) is 40.9 Å². The van der Waals surface area contributed by atoms with Crippen molar-refractivity contribution in [3.05, 3.63) is 59.0 Å². The maximum Gasteiger partial charge on any atom is 0.273 e. The summed E-state index contributed by atoms with van der Waals surface area (Å²) in [6.45, 7) is 3.60. The molecule has 134 valence electrons. The molecule has 7 heteroatoms. The molecule has 1 aromatic heterocycles. The number of benzene rings is 2. The monoisotopic (exact) mass is 353 g/mol. The van der Waals surface area contributed by atoms with Gasteiger partial charge in [-0.1, -0.05) is 29.4 Å². The number of carbonyl (C=O) groups excluding carboxylic acids is 2. The Morgan fingerprint density at radius 1 is 1.12 bits per heavy atom. The highest BCUT2D eigenvalue weighted by Crippen LogP contribution is 2.24. The highest BCUT2D eigenvalue weighted by atomic mass is 16.5. The molecular formula is C19H19N3O4. The number of nitrogens with one attached hydrogen (secondary N) is 2. The Morgan fingerprint density at radius 2 is 1.81 bits per heavy atom. The van der Waals surface area contributed by atoms with Crippen LogP contribution in [-0.4, -0.2) is 22.1 Å². The highest BCUT2D eigenvalue weighted by Gasteiger charge is 2.14. The molecule has 0 saturated carbocycles. The fraction of sp³-hybridized carbons (Fsp3) is 0.211. The topological polar surface area (TPSA) is 104 Å². The number of nitrogens with zero attached hydrogens (tertiary/aromatic N) is 1. The van der Waals surface area contributed by atoms with Crippen LogP contribution in [0.2, 0.25) is 0 Å². The van der Waals surface area contributed by atoms with E-state index in [-0.39, 0.29) is 23.6 Å². The Labute approximate surface area is 150 Å². The van der Waals surface area contributed by atoms with E-state index in [2.05, 4.69) is 16.0 Å². The van der Waals surface area contributed by atoms with E-state index < -0.39 is 5.91 Å². The van der Waals surface area contributed by atoms with Crippen LogP contribution < -0.4 is 10.9 Å². The number of phenols is 1. The maximum atomic E-state index is 12.2. The first kappa shape index (κ1) is 17.5. The summed E-state index contributed by atoms with van der Waals surface area (Å²) < 4.78 is 5.05. The molecule has 0 saturated heterocycles. The van der Waals surface area contributed by atoms with Crippen molar-refractivity contribution >= 4 is 22.6 Å². The van der Waals surface area contributed by atoms with Gasteiger partial charge in [-0.05, 0) is 43.2 Å². The number of aryl methyl sites for hydroxylation is 2. The standard InChI is InChI=1S/C19H19N3O4/c1-11-15(12(2)26-22-11)7-8-18(24)20-21-19(25)16-9-13-5-3-4-6-14(13)10-17(16)23/h3-6,9-10,23H,7-8H2,1-2H3,(H,20,24)(H,21,25). The smallest absolute Gasteiger partial charge is 0.273 e. The van der Waals surface area contributed by atoms with Crippen LogP contribution in [-0.2, 0) is 11.2 Å². The minimum absolute atomic E-state index is 0.0923. The lowest BCUT2D eigenvalue weighted by Gasteiger charge is -2.09. The molecule has 26 heavy (non-hydrogen) atoms. The minimum atomic E-state index is -0.584. The summed E-state index contributed by atoms with van der Waals surface area (Å²) in [5.74, 6) is -0.399. The van der Waals surface area contributed by atoms with Crippen molar-refractivity contribution in [1.29, 1.82) is 0 Å². The number of amides is 2. The highest BCUT2D eigenvalue weighted by molar-refractivity contribution is 6.02. The second-order valence-electron chi connectivity index (χ2n) is 6.02. The van der Waals surface area contributed by atoms with E-state index in [0.717, 1.165) is 22.0 Å². The SMILES string of the molecule is Cc1noc(C)c1CCC(=O)NNC(=O)c1cc2ccccc2cc1O. The maximum absolute atomic E-state index is 12.2. The number of hydrogen-bond acceptors (Lipinski definition) is 5. The third-order valence-electron chi connectivity index (χ3n) is 4.21. The second kappa shape index (κ2) is 7.26. The minimum Gasteiger partial charge on any atom is -0.507 e. The average molecular weight is 353 g/mol. The molecule has 1 heterocycles. The molecular weight excluding hydrogens is 334 g/mol. The van der Waals surface area contributed by atoms with E-state index in [1.807, 2.05) is 31.2 Å². The number of hydrogen-bond donors (Lipinski definition) is 3. The van der Waals surface area contributed by atoms with Crippen molar-refractivity contribution in [2.45, 2.75) is 26.7 Å². The van der Waals surface area contributed by atoms with Crippen molar-refractivity contribution in [2.75, 3.05) is 0 Å². The number of carbonyl (C=O) groups is 2. The van der Waals surface area contributed by atoms with Crippen LogP contribution in [0.5, 0.6) is 5.75 Å². The lowest BCUT2D eigenvalue weighted by atomic mass is 10.1. The first-order chi connectivity index (χ1) is 12.5. The summed E-state index contributed by atoms with van der Waals surface area (Å²) in [6.07, 6.45) is 0.636. The van der Waals surface area contributed by atoms with Crippen molar-refractivity contribution in [1.82, 2.24) is 16.0 Å². The number of hydrazine groups is 1. The molecule has 7 nitrogen and oxygen atoms in total. The summed E-state index contributed by atoms with van der Waals surface area (Å²) in [5, 5.41) is 15.5. The lowest BCUT2D eigenvalue weighted by Crippen LogP contribution is -2.41. The third-order valence-corrected chi connectivity index (χ3v) is 4.21. The number of rotatable bonds is 4. The van der Waals surface area contributed by atoms with Gasteiger partial charge in [0.2, 0.25) is 5.91 Å². The van der Waals surface area contributed by atoms with Gasteiger partial charge < -0.3 is 9.63 Å². The first-order valence-corrected chi connectivity index (χ1v) is 8.18. The molecule has 0 aliphatic heterocycles. The molecule has 0 radical (unpaired) electrons. The van der Waals surface area contributed by atoms with Gasteiger partial charge in [0.05, 0.1) is 11.3 Å². The number of phenolic OH excluding ortho intramolecular Hbond substituents is 1. The van der Waals surface area contributed by atoms with E-state index in [1.54, 1.807) is 13.0 Å². The fourth-order valence-corrected chi connectivity index (χ4v) is 2.76. The predicted octanol–water partition coefficient (Wildman–Crippen LogP) is 2.54. The van der Waals surface area contributed by atoms with Gasteiger partial charge in [-0.3, -0.25) is 20.4 Å². The Morgan fingerprint density at radius 3 is 2.46 bits per heavy atom. The van der Waals surface area contributed by atoms with Crippen molar-refractivity contribution in [3.8, 4) is 5.75 Å². The molecule has 0 spiro atoms. The Kier molecular flexibility index (Phi) is 4.88. The van der Waals surface area contributed by atoms with E-state index in [1.165, 1.54) is 6.07 Å². The molecule has 3 N–H and O–H groups in total. The van der Waals surface area contributed by atoms with E-state index in [4.69, 9.17) is 4.52 Å². The molecule has 3 rings (SSSR count). The van der Waals surface area contributed by atoms with Gasteiger partial charge >= 0.3 is 0 Å². The predicted molar refractivity (Wildman–Crippen MR) is 95.5 cm³/mol. The Balaban J connectivity index is 1.60. The molecule has 3 aromatic rings. The van der Waals surface area contributed by atoms with E-state index in [0.29, 0.717) is 12.2 Å². The van der Waals surface area contributed by atoms with Crippen LogP contribution in [0.3, 0.4) is 0 Å². The fourth-order valence-electron chi connectivity index (χ4n) is 2.76. The van der Waals surface area contributed by atoms with Gasteiger partial charge in [0, 0.05) is 12.0 Å². The quantitative estimate of drug-likeness (QED) is 0.625. The summed E-state index contributed by atoms with van der Waals surface area (Å²) in [4.78, 5) is 24.2. The van der Waals surface area contributed by atoms with Gasteiger partial charge in [0.15, 0.2) is 0 Å². The molecule has 2 amide bonds. The molecule has 2 aromatic carbocycles. The van der Waals surface area contributed by atoms with Crippen LogP contribution in [0.25, 0.3) is 10.8 Å². The van der Waals surface area contributed by atoms with E-state index in [9.17, 15) is 14.7 Å². The van der Waals surface area contributed by atoms with Crippen molar-refractivity contribution < 1.29 is 19.2 Å².